The van der Waals surface area contributed by atoms with Crippen LogP contribution in [0.2, 0.25) is 0 Å². The number of aromatic nitrogens is 1. The summed E-state index contributed by atoms with van der Waals surface area (Å²) in [6, 6.07) is 12.5. The molecule has 0 spiro atoms. The molecule has 164 valence electrons. The van der Waals surface area contributed by atoms with Gasteiger partial charge < -0.3 is 15.0 Å². The normalized spacial score (nSPS) is 15.3. The number of amides is 1. The Kier molecular flexibility index (Phi) is 6.41. The average molecular weight is 442 g/mol. The Hall–Kier alpha value is -2.68. The zero-order valence-electron chi connectivity index (χ0n) is 17.6. The van der Waals surface area contributed by atoms with Crippen molar-refractivity contribution in [3.63, 3.8) is 0 Å². The third kappa shape index (κ3) is 4.51. The molecule has 2 heterocycles. The van der Waals surface area contributed by atoms with Gasteiger partial charge in [-0.25, -0.2) is 8.42 Å². The van der Waals surface area contributed by atoms with Gasteiger partial charge in [-0.2, -0.15) is 4.31 Å². The number of hydrogen-bond donors (Lipinski definition) is 2. The minimum Gasteiger partial charge on any atom is -0.379 e. The van der Waals surface area contributed by atoms with E-state index in [9.17, 15) is 13.2 Å². The van der Waals surface area contributed by atoms with E-state index >= 15 is 0 Å². The van der Waals surface area contributed by atoms with Gasteiger partial charge in [0.1, 0.15) is 0 Å². The number of ether oxygens (including phenoxy) is 1. The fourth-order valence-corrected chi connectivity index (χ4v) is 5.38. The van der Waals surface area contributed by atoms with E-state index in [1.54, 1.807) is 12.1 Å². The third-order valence-corrected chi connectivity index (χ3v) is 7.55. The molecule has 0 aliphatic carbocycles. The maximum atomic E-state index is 12.8. The Labute approximate surface area is 182 Å². The topological polar surface area (TPSA) is 91.5 Å². The molecule has 0 unspecified atom stereocenters. The number of rotatable bonds is 7. The van der Waals surface area contributed by atoms with Gasteiger partial charge in [-0.15, -0.1) is 0 Å². The first-order valence-corrected chi connectivity index (χ1v) is 12.0. The zero-order valence-corrected chi connectivity index (χ0v) is 18.4. The summed E-state index contributed by atoms with van der Waals surface area (Å²) in [6.07, 6.45) is 3.63. The van der Waals surface area contributed by atoms with E-state index in [2.05, 4.69) is 35.4 Å². The predicted molar refractivity (Wildman–Crippen MR) is 120 cm³/mol. The highest BCUT2D eigenvalue weighted by molar-refractivity contribution is 7.89. The molecule has 1 amide bonds. The SMILES string of the molecule is CCc1cccc2c(CCNC(=O)c3cccc(S(=O)(=O)N4CCOCC4)c3)c[nH]c12. The summed E-state index contributed by atoms with van der Waals surface area (Å²) < 4.78 is 32.3. The molecule has 1 aliphatic heterocycles. The minimum absolute atomic E-state index is 0.130. The largest absolute Gasteiger partial charge is 0.379 e. The second-order valence-corrected chi connectivity index (χ2v) is 9.50. The van der Waals surface area contributed by atoms with Crippen LogP contribution in [0.1, 0.15) is 28.4 Å². The van der Waals surface area contributed by atoms with Crippen molar-refractivity contribution in [2.24, 2.45) is 0 Å². The molecule has 1 fully saturated rings. The second-order valence-electron chi connectivity index (χ2n) is 7.56. The Morgan fingerprint density at radius 2 is 1.90 bits per heavy atom. The summed E-state index contributed by atoms with van der Waals surface area (Å²) in [4.78, 5) is 16.1. The van der Waals surface area contributed by atoms with Crippen molar-refractivity contribution in [1.82, 2.24) is 14.6 Å². The number of morpholine rings is 1. The van der Waals surface area contributed by atoms with Crippen molar-refractivity contribution in [1.29, 1.82) is 0 Å². The first-order chi connectivity index (χ1) is 15.0. The smallest absolute Gasteiger partial charge is 0.251 e. The number of aromatic amines is 1. The summed E-state index contributed by atoms with van der Waals surface area (Å²) >= 11 is 0. The number of aryl methyl sites for hydroxylation is 1. The van der Waals surface area contributed by atoms with Crippen LogP contribution in [0.4, 0.5) is 0 Å². The monoisotopic (exact) mass is 441 g/mol. The fraction of sp³-hybridized carbons (Fsp3) is 0.348. The highest BCUT2D eigenvalue weighted by atomic mass is 32.2. The molecule has 1 saturated heterocycles. The summed E-state index contributed by atoms with van der Waals surface area (Å²) in [7, 11) is -3.64. The molecule has 1 aliphatic rings. The Morgan fingerprint density at radius 1 is 1.13 bits per heavy atom. The van der Waals surface area contributed by atoms with E-state index in [-0.39, 0.29) is 10.8 Å². The summed E-state index contributed by atoms with van der Waals surface area (Å²) in [5.41, 5.74) is 3.90. The second kappa shape index (κ2) is 9.21. The van der Waals surface area contributed by atoms with Crippen LogP contribution >= 0.6 is 0 Å². The van der Waals surface area contributed by atoms with Gasteiger partial charge in [-0.3, -0.25) is 4.79 Å². The van der Waals surface area contributed by atoms with Crippen molar-refractivity contribution in [3.05, 3.63) is 65.4 Å². The van der Waals surface area contributed by atoms with Crippen LogP contribution in [-0.4, -0.2) is 56.5 Å². The lowest BCUT2D eigenvalue weighted by atomic mass is 10.1. The van der Waals surface area contributed by atoms with E-state index < -0.39 is 10.0 Å². The van der Waals surface area contributed by atoms with Crippen molar-refractivity contribution in [3.8, 4) is 0 Å². The van der Waals surface area contributed by atoms with E-state index in [0.717, 1.165) is 17.5 Å². The van der Waals surface area contributed by atoms with Gasteiger partial charge in [0.2, 0.25) is 10.0 Å². The van der Waals surface area contributed by atoms with Gasteiger partial charge >= 0.3 is 0 Å². The number of benzene rings is 2. The molecule has 2 N–H and O–H groups in total. The lowest BCUT2D eigenvalue weighted by molar-refractivity contribution is 0.0730. The molecule has 0 saturated carbocycles. The van der Waals surface area contributed by atoms with Crippen molar-refractivity contribution < 1.29 is 17.9 Å². The highest BCUT2D eigenvalue weighted by Gasteiger charge is 2.26. The molecular weight excluding hydrogens is 414 g/mol. The predicted octanol–water partition coefficient (Wildman–Crippen LogP) is 2.72. The molecular formula is C23H27N3O4S. The van der Waals surface area contributed by atoms with Crippen LogP contribution < -0.4 is 5.32 Å². The number of nitrogens with zero attached hydrogens (tertiary/aromatic N) is 1. The van der Waals surface area contributed by atoms with Crippen LogP contribution in [0, 0.1) is 0 Å². The molecule has 8 heteroatoms. The molecule has 31 heavy (non-hydrogen) atoms. The number of fused-ring (bicyclic) bond motifs is 1. The average Bonchev–Trinajstić information content (AvgIpc) is 3.23. The molecule has 7 nitrogen and oxygen atoms in total. The van der Waals surface area contributed by atoms with Crippen LogP contribution in [-0.2, 0) is 27.6 Å². The molecule has 1 aromatic heterocycles. The Balaban J connectivity index is 1.42. The highest BCUT2D eigenvalue weighted by Crippen LogP contribution is 2.22. The van der Waals surface area contributed by atoms with Gasteiger partial charge in [0.15, 0.2) is 0 Å². The molecule has 0 radical (unpaired) electrons. The summed E-state index contributed by atoms with van der Waals surface area (Å²) in [5.74, 6) is -0.284. The lowest BCUT2D eigenvalue weighted by Gasteiger charge is -2.26. The Morgan fingerprint density at radius 3 is 2.68 bits per heavy atom. The maximum absolute atomic E-state index is 12.8. The number of H-pyrrole nitrogens is 1. The van der Waals surface area contributed by atoms with Crippen molar-refractivity contribution >= 4 is 26.8 Å². The number of sulfonamides is 1. The van der Waals surface area contributed by atoms with Crippen LogP contribution in [0.25, 0.3) is 10.9 Å². The molecule has 0 bridgehead atoms. The first-order valence-electron chi connectivity index (χ1n) is 10.5. The van der Waals surface area contributed by atoms with Crippen LogP contribution in [0.3, 0.4) is 0 Å². The lowest BCUT2D eigenvalue weighted by Crippen LogP contribution is -2.40. The van der Waals surface area contributed by atoms with Gasteiger partial charge in [0, 0.05) is 42.3 Å². The third-order valence-electron chi connectivity index (χ3n) is 5.65. The first kappa shape index (κ1) is 21.5. The standard InChI is InChI=1S/C23H27N3O4S/c1-2-17-5-4-8-21-19(16-25-22(17)21)9-10-24-23(27)18-6-3-7-20(15-18)31(28,29)26-11-13-30-14-12-26/h3-8,15-16,25H,2,9-14H2,1H3,(H,24,27). The van der Waals surface area contributed by atoms with E-state index in [0.29, 0.717) is 44.8 Å². The molecule has 2 aromatic carbocycles. The zero-order chi connectivity index (χ0) is 21.8. The maximum Gasteiger partial charge on any atom is 0.251 e. The number of carbonyl (C=O) groups excluding carboxylic acids is 1. The van der Waals surface area contributed by atoms with Gasteiger partial charge in [0.05, 0.1) is 18.1 Å². The number of para-hydroxylation sites is 1. The van der Waals surface area contributed by atoms with Gasteiger partial charge in [0.25, 0.3) is 5.91 Å². The number of carbonyl (C=O) groups is 1. The number of nitrogens with one attached hydrogen (secondary N) is 2. The van der Waals surface area contributed by atoms with Crippen molar-refractivity contribution in [2.75, 3.05) is 32.8 Å². The number of hydrogen-bond acceptors (Lipinski definition) is 4. The van der Waals surface area contributed by atoms with Crippen LogP contribution in [0.5, 0.6) is 0 Å². The van der Waals surface area contributed by atoms with E-state index in [1.807, 2.05) is 6.20 Å². The molecule has 4 rings (SSSR count). The van der Waals surface area contributed by atoms with Crippen molar-refractivity contribution in [2.45, 2.75) is 24.7 Å². The molecule has 0 atom stereocenters. The quantitative estimate of drug-likeness (QED) is 0.590. The summed E-state index contributed by atoms with van der Waals surface area (Å²) in [5, 5.41) is 4.08. The summed E-state index contributed by atoms with van der Waals surface area (Å²) in [6.45, 7) is 4.00. The van der Waals surface area contributed by atoms with Gasteiger partial charge in [-0.1, -0.05) is 31.2 Å². The van der Waals surface area contributed by atoms with Gasteiger partial charge in [-0.05, 0) is 42.2 Å². The van der Waals surface area contributed by atoms with E-state index in [1.165, 1.54) is 27.4 Å². The minimum atomic E-state index is -3.64. The van der Waals surface area contributed by atoms with Crippen LogP contribution in [0.15, 0.2) is 53.6 Å². The fourth-order valence-electron chi connectivity index (χ4n) is 3.92. The Bertz CT molecular complexity index is 1180. The molecule has 3 aromatic rings. The van der Waals surface area contributed by atoms with E-state index in [4.69, 9.17) is 4.74 Å².